The van der Waals surface area contributed by atoms with Gasteiger partial charge in [0.15, 0.2) is 11.1 Å². The van der Waals surface area contributed by atoms with Crippen LogP contribution in [0.15, 0.2) is 10.1 Å². The Labute approximate surface area is 186 Å². The van der Waals surface area contributed by atoms with Crippen LogP contribution < -0.4 is 10.6 Å². The summed E-state index contributed by atoms with van der Waals surface area (Å²) < 4.78 is 7.77. The highest BCUT2D eigenvalue weighted by Crippen LogP contribution is 2.16. The summed E-state index contributed by atoms with van der Waals surface area (Å²) in [6.07, 6.45) is 3.96. The molecule has 1 saturated heterocycles. The zero-order valence-electron chi connectivity index (χ0n) is 19.6. The van der Waals surface area contributed by atoms with Crippen molar-refractivity contribution in [2.75, 3.05) is 52.7 Å². The Hall–Kier alpha value is -1.32. The Morgan fingerprint density at radius 1 is 1.17 bits per heavy atom. The molecule has 8 nitrogen and oxygen atoms in total. The number of nitrogens with one attached hydrogen (secondary N) is 2. The molecule has 0 bridgehead atoms. The van der Waals surface area contributed by atoms with Gasteiger partial charge in [-0.2, -0.15) is 0 Å². The molecule has 30 heavy (non-hydrogen) atoms. The Balaban J connectivity index is 1.78. The van der Waals surface area contributed by atoms with E-state index < -0.39 is 0 Å². The molecule has 1 aromatic heterocycles. The lowest BCUT2D eigenvalue weighted by Gasteiger charge is -2.37. The van der Waals surface area contributed by atoms with Crippen molar-refractivity contribution in [3.05, 3.63) is 5.82 Å². The molecular formula is C21H41N7OS. The summed E-state index contributed by atoms with van der Waals surface area (Å²) in [4.78, 5) is 6.93. The maximum Gasteiger partial charge on any atom is 0.191 e. The van der Waals surface area contributed by atoms with Crippen LogP contribution in [-0.2, 0) is 17.7 Å². The summed E-state index contributed by atoms with van der Waals surface area (Å²) in [6.45, 7) is 15.4. The molecule has 1 unspecified atom stereocenters. The van der Waals surface area contributed by atoms with Crippen LogP contribution in [0.3, 0.4) is 0 Å². The van der Waals surface area contributed by atoms with E-state index in [-0.39, 0.29) is 0 Å². The normalized spacial score (nSPS) is 17.0. The fourth-order valence-electron chi connectivity index (χ4n) is 3.77. The number of aliphatic imine (C=N–C) groups is 1. The number of aromatic nitrogens is 3. The van der Waals surface area contributed by atoms with Gasteiger partial charge in [0.05, 0.1) is 13.2 Å². The average Bonchev–Trinajstić information content (AvgIpc) is 3.11. The quantitative estimate of drug-likeness (QED) is 0.237. The van der Waals surface area contributed by atoms with Gasteiger partial charge in [-0.15, -0.1) is 10.2 Å². The van der Waals surface area contributed by atoms with Gasteiger partial charge in [0.25, 0.3) is 0 Å². The molecule has 0 spiro atoms. The van der Waals surface area contributed by atoms with Gasteiger partial charge < -0.3 is 19.9 Å². The minimum absolute atomic E-state index is 0.479. The van der Waals surface area contributed by atoms with Crippen molar-refractivity contribution in [3.63, 3.8) is 0 Å². The first-order valence-corrected chi connectivity index (χ1v) is 12.4. The molecule has 1 aromatic rings. The number of morpholine rings is 1. The highest BCUT2D eigenvalue weighted by molar-refractivity contribution is 7.98. The first kappa shape index (κ1) is 24.9. The molecule has 0 amide bonds. The van der Waals surface area contributed by atoms with E-state index in [4.69, 9.17) is 4.74 Å². The van der Waals surface area contributed by atoms with Crippen LogP contribution >= 0.6 is 11.8 Å². The third-order valence-corrected chi connectivity index (χ3v) is 6.05. The Kier molecular flexibility index (Phi) is 11.0. The van der Waals surface area contributed by atoms with Crippen LogP contribution in [0.2, 0.25) is 0 Å². The van der Waals surface area contributed by atoms with Gasteiger partial charge in [-0.1, -0.05) is 39.5 Å². The maximum atomic E-state index is 5.51. The molecule has 0 radical (unpaired) electrons. The number of hydrogen-bond acceptors (Lipinski definition) is 6. The molecule has 0 aromatic carbocycles. The molecule has 172 valence electrons. The predicted octanol–water partition coefficient (Wildman–Crippen LogP) is 2.11. The third-order valence-electron chi connectivity index (χ3n) is 5.38. The van der Waals surface area contributed by atoms with E-state index in [9.17, 15) is 0 Å². The lowest BCUT2D eigenvalue weighted by Crippen LogP contribution is -2.52. The highest BCUT2D eigenvalue weighted by atomic mass is 32.2. The SMILES string of the molecule is CN=C(NCCCc1nnc(SC)n1CC(C)C)NCC(C(C)C)N1CCOCC1. The summed E-state index contributed by atoms with van der Waals surface area (Å²) in [5.41, 5.74) is 0. The van der Waals surface area contributed by atoms with Crippen LogP contribution in [0, 0.1) is 11.8 Å². The fraction of sp³-hybridized carbons (Fsp3) is 0.857. The van der Waals surface area contributed by atoms with Gasteiger partial charge in [-0.25, -0.2) is 0 Å². The lowest BCUT2D eigenvalue weighted by atomic mass is 10.0. The van der Waals surface area contributed by atoms with E-state index in [2.05, 4.69) is 69.2 Å². The molecule has 1 fully saturated rings. The Morgan fingerprint density at radius 2 is 1.90 bits per heavy atom. The van der Waals surface area contributed by atoms with Gasteiger partial charge in [-0.3, -0.25) is 9.89 Å². The van der Waals surface area contributed by atoms with Gasteiger partial charge in [0.2, 0.25) is 0 Å². The number of guanidine groups is 1. The van der Waals surface area contributed by atoms with Crippen molar-refractivity contribution in [1.29, 1.82) is 0 Å². The number of aryl methyl sites for hydroxylation is 1. The largest absolute Gasteiger partial charge is 0.379 e. The van der Waals surface area contributed by atoms with E-state index >= 15 is 0 Å². The predicted molar refractivity (Wildman–Crippen MR) is 125 cm³/mol. The smallest absolute Gasteiger partial charge is 0.191 e. The molecule has 1 atom stereocenters. The Morgan fingerprint density at radius 3 is 2.50 bits per heavy atom. The summed E-state index contributed by atoms with van der Waals surface area (Å²) in [6, 6.07) is 0.479. The molecule has 1 aliphatic heterocycles. The van der Waals surface area contributed by atoms with Crippen molar-refractivity contribution in [2.24, 2.45) is 16.8 Å². The standard InChI is InChI=1S/C21H41N7OS/c1-16(2)15-28-19(25-26-21(28)30-6)8-7-9-23-20(22-5)24-14-18(17(3)4)27-10-12-29-13-11-27/h16-18H,7-15H2,1-6H3,(H2,22,23,24). The van der Waals surface area contributed by atoms with Crippen LogP contribution in [-0.4, -0.2) is 84.4 Å². The highest BCUT2D eigenvalue weighted by Gasteiger charge is 2.23. The topological polar surface area (TPSA) is 79.6 Å². The summed E-state index contributed by atoms with van der Waals surface area (Å²) >= 11 is 1.66. The summed E-state index contributed by atoms with van der Waals surface area (Å²) in [7, 11) is 1.83. The van der Waals surface area contributed by atoms with Crippen molar-refractivity contribution < 1.29 is 4.74 Å². The van der Waals surface area contributed by atoms with Crippen molar-refractivity contribution >= 4 is 17.7 Å². The zero-order valence-corrected chi connectivity index (χ0v) is 20.5. The zero-order chi connectivity index (χ0) is 21.9. The van der Waals surface area contributed by atoms with Crippen LogP contribution in [0.4, 0.5) is 0 Å². The lowest BCUT2D eigenvalue weighted by molar-refractivity contribution is 0.00752. The fourth-order valence-corrected chi connectivity index (χ4v) is 4.30. The third kappa shape index (κ3) is 7.74. The van der Waals surface area contributed by atoms with E-state index in [1.54, 1.807) is 11.8 Å². The maximum absolute atomic E-state index is 5.51. The van der Waals surface area contributed by atoms with Gasteiger partial charge >= 0.3 is 0 Å². The van der Waals surface area contributed by atoms with Crippen LogP contribution in [0.1, 0.15) is 39.9 Å². The summed E-state index contributed by atoms with van der Waals surface area (Å²) in [5.74, 6) is 3.09. The second kappa shape index (κ2) is 13.2. The van der Waals surface area contributed by atoms with Crippen LogP contribution in [0.25, 0.3) is 0 Å². The molecule has 0 saturated carbocycles. The average molecular weight is 440 g/mol. The minimum Gasteiger partial charge on any atom is -0.379 e. The number of hydrogen-bond donors (Lipinski definition) is 2. The number of ether oxygens (including phenoxy) is 1. The summed E-state index contributed by atoms with van der Waals surface area (Å²) in [5, 5.41) is 16.7. The first-order chi connectivity index (χ1) is 14.5. The van der Waals surface area contributed by atoms with E-state index in [0.717, 1.165) is 75.7 Å². The van der Waals surface area contributed by atoms with E-state index in [1.807, 2.05) is 7.05 Å². The van der Waals surface area contributed by atoms with E-state index in [0.29, 0.717) is 17.9 Å². The van der Waals surface area contributed by atoms with Gasteiger partial charge in [0, 0.05) is 52.2 Å². The van der Waals surface area contributed by atoms with Crippen LogP contribution in [0.5, 0.6) is 0 Å². The van der Waals surface area contributed by atoms with Crippen molar-refractivity contribution in [1.82, 2.24) is 30.3 Å². The second-order valence-corrected chi connectivity index (χ2v) is 9.32. The minimum atomic E-state index is 0.479. The second-order valence-electron chi connectivity index (χ2n) is 8.55. The molecule has 2 heterocycles. The monoisotopic (exact) mass is 439 g/mol. The number of rotatable bonds is 11. The van der Waals surface area contributed by atoms with E-state index in [1.165, 1.54) is 0 Å². The first-order valence-electron chi connectivity index (χ1n) is 11.2. The number of nitrogens with zero attached hydrogens (tertiary/aromatic N) is 5. The molecule has 1 aliphatic rings. The molecule has 0 aliphatic carbocycles. The molecular weight excluding hydrogens is 398 g/mol. The van der Waals surface area contributed by atoms with Crippen molar-refractivity contribution in [3.8, 4) is 0 Å². The molecule has 2 N–H and O–H groups in total. The van der Waals surface area contributed by atoms with Crippen molar-refractivity contribution in [2.45, 2.75) is 58.3 Å². The molecule has 9 heteroatoms. The number of thioether (sulfide) groups is 1. The Bertz CT molecular complexity index is 641. The molecule has 2 rings (SSSR count). The van der Waals surface area contributed by atoms with Gasteiger partial charge in [0.1, 0.15) is 5.82 Å². The van der Waals surface area contributed by atoms with Gasteiger partial charge in [-0.05, 0) is 24.5 Å².